The highest BCUT2D eigenvalue weighted by molar-refractivity contribution is 6.24. The zero-order chi connectivity index (χ0) is 41.9. The van der Waals surface area contributed by atoms with E-state index in [1.54, 1.807) is 0 Å². The minimum absolute atomic E-state index is 0.547. The lowest BCUT2D eigenvalue weighted by Crippen LogP contribution is -2.07. The van der Waals surface area contributed by atoms with Gasteiger partial charge in [0.2, 0.25) is 5.95 Å². The van der Waals surface area contributed by atoms with E-state index < -0.39 is 0 Å². The molecule has 0 bridgehead atoms. The van der Waals surface area contributed by atoms with E-state index in [0.29, 0.717) is 17.6 Å². The molecule has 0 aliphatic heterocycles. The van der Waals surface area contributed by atoms with E-state index in [0.717, 1.165) is 109 Å². The summed E-state index contributed by atoms with van der Waals surface area (Å²) >= 11 is 0. The lowest BCUT2D eigenvalue weighted by Gasteiger charge is -2.15. The molecule has 0 unspecified atom stereocenters. The van der Waals surface area contributed by atoms with Crippen LogP contribution in [0.5, 0.6) is 0 Å². The molecule has 0 N–H and O–H groups in total. The first-order valence-electron chi connectivity index (χ1n) is 21.7. The predicted octanol–water partition coefficient (Wildman–Crippen LogP) is 15.6. The molecular formula is C59H34N4O. The summed E-state index contributed by atoms with van der Waals surface area (Å²) in [5, 5.41) is 15.6. The molecular weight excluding hydrogens is 781 g/mol. The van der Waals surface area contributed by atoms with Crippen molar-refractivity contribution < 1.29 is 4.42 Å². The molecule has 0 aliphatic carbocycles. The van der Waals surface area contributed by atoms with E-state index in [9.17, 15) is 0 Å². The van der Waals surface area contributed by atoms with Crippen LogP contribution in [0.1, 0.15) is 0 Å². The number of rotatable bonds is 4. The number of benzene rings is 11. The molecule has 0 fully saturated rings. The molecule has 0 atom stereocenters. The number of hydrogen-bond acceptors (Lipinski definition) is 4. The molecule has 14 aromatic rings. The normalized spacial score (nSPS) is 12.1. The summed E-state index contributed by atoms with van der Waals surface area (Å²) in [4.78, 5) is 16.6. The van der Waals surface area contributed by atoms with Crippen molar-refractivity contribution in [3.8, 4) is 39.9 Å². The van der Waals surface area contributed by atoms with E-state index in [2.05, 4.69) is 199 Å². The Balaban J connectivity index is 1.11. The lowest BCUT2D eigenvalue weighted by molar-refractivity contribution is 0.672. The van der Waals surface area contributed by atoms with E-state index in [-0.39, 0.29) is 0 Å². The Labute approximate surface area is 366 Å². The van der Waals surface area contributed by atoms with Gasteiger partial charge in [-0.15, -0.1) is 0 Å². The van der Waals surface area contributed by atoms with Gasteiger partial charge in [-0.2, -0.15) is 9.97 Å². The average Bonchev–Trinajstić information content (AvgIpc) is 3.93. The van der Waals surface area contributed by atoms with Crippen LogP contribution in [0.25, 0.3) is 137 Å². The SMILES string of the molecule is c1ccc2cc(-c3ccc(-c4nc(-c5cccc6oc7c8ccccc8ccc7c56)nc(-n5c6c7ccccc7ccc6c6ccc7ccccc7c65)n4)c4ccccc34)ccc2c1. The average molecular weight is 815 g/mol. The third-order valence-electron chi connectivity index (χ3n) is 13.2. The standard InChI is InChI=1S/C59H34N4O/c1-2-16-39-34-40(25-24-35(39)12-1)41-32-33-49(46-21-10-9-20-45(41)46)57-60-58(51-22-11-23-52-53(51)50-31-28-38-15-5-8-19-44(38)56(50)64-52)62-59(61-57)63-54-42-17-6-3-13-36(42)26-29-47(54)48-30-27-37-14-4-7-18-43(37)55(48)63/h1-34H. The predicted molar refractivity (Wildman–Crippen MR) is 265 cm³/mol. The maximum absolute atomic E-state index is 6.72. The highest BCUT2D eigenvalue weighted by Gasteiger charge is 2.24. The van der Waals surface area contributed by atoms with Gasteiger partial charge in [-0.05, 0) is 73.1 Å². The maximum Gasteiger partial charge on any atom is 0.238 e. The Morgan fingerprint density at radius 2 is 0.844 bits per heavy atom. The Kier molecular flexibility index (Phi) is 7.33. The quantitative estimate of drug-likeness (QED) is 0.178. The molecule has 0 radical (unpaired) electrons. The molecule has 5 heteroatoms. The Bertz CT molecular complexity index is 4180. The van der Waals surface area contributed by atoms with E-state index in [1.807, 2.05) is 12.1 Å². The topological polar surface area (TPSA) is 56.7 Å². The van der Waals surface area contributed by atoms with Crippen LogP contribution in [-0.2, 0) is 0 Å². The van der Waals surface area contributed by atoms with Gasteiger partial charge in [0, 0.05) is 48.8 Å². The van der Waals surface area contributed by atoms with Crippen LogP contribution in [0.2, 0.25) is 0 Å². The first-order valence-corrected chi connectivity index (χ1v) is 21.7. The largest absolute Gasteiger partial charge is 0.455 e. The lowest BCUT2D eigenvalue weighted by atomic mass is 9.93. The minimum Gasteiger partial charge on any atom is -0.455 e. The molecule has 3 aromatic heterocycles. The molecule has 5 nitrogen and oxygen atoms in total. The number of hydrogen-bond donors (Lipinski definition) is 0. The van der Waals surface area contributed by atoms with Crippen molar-refractivity contribution in [1.82, 2.24) is 19.5 Å². The van der Waals surface area contributed by atoms with Gasteiger partial charge >= 0.3 is 0 Å². The molecule has 14 rings (SSSR count). The molecule has 0 aliphatic rings. The van der Waals surface area contributed by atoms with E-state index in [4.69, 9.17) is 19.4 Å². The zero-order valence-electron chi connectivity index (χ0n) is 34.3. The second-order valence-electron chi connectivity index (χ2n) is 16.7. The Morgan fingerprint density at radius 3 is 1.53 bits per heavy atom. The van der Waals surface area contributed by atoms with Gasteiger partial charge in [0.15, 0.2) is 11.6 Å². The molecule has 64 heavy (non-hydrogen) atoms. The summed E-state index contributed by atoms with van der Waals surface area (Å²) < 4.78 is 9.01. The van der Waals surface area contributed by atoms with Crippen molar-refractivity contribution in [2.24, 2.45) is 0 Å². The number of nitrogens with zero attached hydrogens (tertiary/aromatic N) is 4. The van der Waals surface area contributed by atoms with Crippen molar-refractivity contribution in [2.75, 3.05) is 0 Å². The summed E-state index contributed by atoms with van der Waals surface area (Å²) in [5.74, 6) is 1.71. The van der Waals surface area contributed by atoms with Crippen molar-refractivity contribution >= 4 is 97.6 Å². The van der Waals surface area contributed by atoms with Crippen LogP contribution in [0.15, 0.2) is 211 Å². The zero-order valence-corrected chi connectivity index (χ0v) is 34.3. The second-order valence-corrected chi connectivity index (χ2v) is 16.7. The third kappa shape index (κ3) is 5.09. The van der Waals surface area contributed by atoms with Gasteiger partial charge in [0.05, 0.1) is 11.0 Å². The van der Waals surface area contributed by atoms with Gasteiger partial charge < -0.3 is 4.42 Å². The van der Waals surface area contributed by atoms with Crippen LogP contribution >= 0.6 is 0 Å². The van der Waals surface area contributed by atoms with Gasteiger partial charge in [-0.3, -0.25) is 4.57 Å². The van der Waals surface area contributed by atoms with Crippen LogP contribution in [0.3, 0.4) is 0 Å². The number of fused-ring (bicyclic) bond motifs is 14. The summed E-state index contributed by atoms with van der Waals surface area (Å²) in [6.07, 6.45) is 0. The fraction of sp³-hybridized carbons (Fsp3) is 0. The minimum atomic E-state index is 0.547. The van der Waals surface area contributed by atoms with Crippen molar-refractivity contribution in [3.05, 3.63) is 206 Å². The molecule has 3 heterocycles. The van der Waals surface area contributed by atoms with Crippen LogP contribution < -0.4 is 0 Å². The summed E-state index contributed by atoms with van der Waals surface area (Å²) in [6, 6.07) is 73.3. The van der Waals surface area contributed by atoms with Gasteiger partial charge in [-0.1, -0.05) is 182 Å². The van der Waals surface area contributed by atoms with E-state index >= 15 is 0 Å². The molecule has 0 saturated carbocycles. The smallest absolute Gasteiger partial charge is 0.238 e. The highest BCUT2D eigenvalue weighted by Crippen LogP contribution is 2.43. The summed E-state index contributed by atoms with van der Waals surface area (Å²) in [7, 11) is 0. The van der Waals surface area contributed by atoms with Gasteiger partial charge in [0.1, 0.15) is 11.2 Å². The number of furan rings is 1. The molecule has 296 valence electrons. The first kappa shape index (κ1) is 35.0. The van der Waals surface area contributed by atoms with Crippen molar-refractivity contribution in [2.45, 2.75) is 0 Å². The van der Waals surface area contributed by atoms with Crippen LogP contribution in [0, 0.1) is 0 Å². The van der Waals surface area contributed by atoms with Crippen molar-refractivity contribution in [3.63, 3.8) is 0 Å². The monoisotopic (exact) mass is 814 g/mol. The fourth-order valence-corrected chi connectivity index (χ4v) is 10.3. The third-order valence-corrected chi connectivity index (χ3v) is 13.2. The van der Waals surface area contributed by atoms with E-state index in [1.165, 1.54) is 10.8 Å². The Hall–Kier alpha value is -8.67. The molecule has 0 spiro atoms. The van der Waals surface area contributed by atoms with Crippen LogP contribution in [0.4, 0.5) is 0 Å². The molecule has 0 amide bonds. The molecule has 11 aromatic carbocycles. The second kappa shape index (κ2) is 13.4. The highest BCUT2D eigenvalue weighted by atomic mass is 16.3. The number of aromatic nitrogens is 4. The summed E-state index contributed by atoms with van der Waals surface area (Å²) in [6.45, 7) is 0. The van der Waals surface area contributed by atoms with Gasteiger partial charge in [0.25, 0.3) is 0 Å². The maximum atomic E-state index is 6.72. The Morgan fingerprint density at radius 1 is 0.328 bits per heavy atom. The van der Waals surface area contributed by atoms with Crippen molar-refractivity contribution in [1.29, 1.82) is 0 Å². The fourth-order valence-electron chi connectivity index (χ4n) is 10.3. The summed E-state index contributed by atoms with van der Waals surface area (Å²) in [5.41, 5.74) is 7.87. The van der Waals surface area contributed by atoms with Crippen LogP contribution in [-0.4, -0.2) is 19.5 Å². The molecule has 0 saturated heterocycles. The first-order chi connectivity index (χ1) is 31.7. The van der Waals surface area contributed by atoms with Gasteiger partial charge in [-0.25, -0.2) is 4.98 Å².